The van der Waals surface area contributed by atoms with Crippen LogP contribution in [0.3, 0.4) is 0 Å². The molecule has 1 atom stereocenters. The van der Waals surface area contributed by atoms with Gasteiger partial charge in [0.2, 0.25) is 10.0 Å². The quantitative estimate of drug-likeness (QED) is 0.782. The summed E-state index contributed by atoms with van der Waals surface area (Å²) in [5.74, 6) is 0.917. The zero-order valence-corrected chi connectivity index (χ0v) is 17.1. The van der Waals surface area contributed by atoms with Crippen LogP contribution in [-0.4, -0.2) is 71.6 Å². The fraction of sp³-hybridized carbons (Fsp3) is 0.500. The second-order valence-corrected chi connectivity index (χ2v) is 9.11. The lowest BCUT2D eigenvalue weighted by atomic mass is 10.1. The standard InChI is InChI=1S/C20H29N3O3S/c1-16(15-23-12-10-22(2)11-13-23)14-21-27(24,25)20-9-8-19(26-3)17-6-4-5-7-18(17)20/h4-9,16,21H,10-15H2,1-3H3. The van der Waals surface area contributed by atoms with Gasteiger partial charge in [-0.05, 0) is 25.1 Å². The van der Waals surface area contributed by atoms with Gasteiger partial charge in [-0.1, -0.05) is 31.2 Å². The Kier molecular flexibility index (Phi) is 6.37. The van der Waals surface area contributed by atoms with Crippen LogP contribution < -0.4 is 9.46 Å². The Morgan fingerprint density at radius 1 is 1.07 bits per heavy atom. The number of benzene rings is 2. The van der Waals surface area contributed by atoms with Crippen molar-refractivity contribution in [1.82, 2.24) is 14.5 Å². The fourth-order valence-electron chi connectivity index (χ4n) is 3.52. The second-order valence-electron chi connectivity index (χ2n) is 7.37. The third-order valence-corrected chi connectivity index (χ3v) is 6.62. The van der Waals surface area contributed by atoms with Gasteiger partial charge in [0.1, 0.15) is 5.75 Å². The third kappa shape index (κ3) is 4.79. The molecule has 1 fully saturated rings. The summed E-state index contributed by atoms with van der Waals surface area (Å²) in [4.78, 5) is 5.02. The maximum atomic E-state index is 12.9. The minimum atomic E-state index is -3.59. The Bertz CT molecular complexity index is 877. The van der Waals surface area contributed by atoms with E-state index in [-0.39, 0.29) is 5.92 Å². The van der Waals surface area contributed by atoms with Gasteiger partial charge < -0.3 is 14.5 Å². The fourth-order valence-corrected chi connectivity index (χ4v) is 4.90. The van der Waals surface area contributed by atoms with E-state index in [0.29, 0.717) is 22.6 Å². The molecule has 2 aromatic carbocycles. The summed E-state index contributed by atoms with van der Waals surface area (Å²) in [7, 11) is 0.136. The molecule has 7 heteroatoms. The van der Waals surface area contributed by atoms with Gasteiger partial charge in [-0.25, -0.2) is 13.1 Å². The topological polar surface area (TPSA) is 61.9 Å². The van der Waals surface area contributed by atoms with Gasteiger partial charge in [-0.3, -0.25) is 0 Å². The zero-order chi connectivity index (χ0) is 19.4. The van der Waals surface area contributed by atoms with Crippen molar-refractivity contribution in [2.45, 2.75) is 11.8 Å². The monoisotopic (exact) mass is 391 g/mol. The lowest BCUT2D eigenvalue weighted by Gasteiger charge is -2.33. The molecule has 27 heavy (non-hydrogen) atoms. The van der Waals surface area contributed by atoms with Crippen molar-refractivity contribution in [1.29, 1.82) is 0 Å². The molecule has 0 bridgehead atoms. The molecule has 1 aliphatic heterocycles. The molecule has 0 aromatic heterocycles. The molecule has 3 rings (SSSR count). The first-order valence-electron chi connectivity index (χ1n) is 9.37. The van der Waals surface area contributed by atoms with E-state index < -0.39 is 10.0 Å². The van der Waals surface area contributed by atoms with Crippen molar-refractivity contribution in [3.8, 4) is 5.75 Å². The summed E-state index contributed by atoms with van der Waals surface area (Å²) >= 11 is 0. The van der Waals surface area contributed by atoms with Crippen LogP contribution in [0, 0.1) is 5.92 Å². The van der Waals surface area contributed by atoms with Gasteiger partial charge in [0.15, 0.2) is 0 Å². The van der Waals surface area contributed by atoms with E-state index >= 15 is 0 Å². The summed E-state index contributed by atoms with van der Waals surface area (Å²) in [6, 6.07) is 10.8. The van der Waals surface area contributed by atoms with Gasteiger partial charge >= 0.3 is 0 Å². The van der Waals surface area contributed by atoms with Crippen molar-refractivity contribution in [3.63, 3.8) is 0 Å². The molecular formula is C20H29N3O3S. The van der Waals surface area contributed by atoms with Crippen LogP contribution in [0.15, 0.2) is 41.3 Å². The molecule has 0 amide bonds. The smallest absolute Gasteiger partial charge is 0.241 e. The number of hydrogen-bond acceptors (Lipinski definition) is 5. The van der Waals surface area contributed by atoms with Gasteiger partial charge in [0, 0.05) is 50.0 Å². The van der Waals surface area contributed by atoms with Crippen LogP contribution in [0.5, 0.6) is 5.75 Å². The molecule has 0 radical (unpaired) electrons. The maximum Gasteiger partial charge on any atom is 0.241 e. The molecule has 0 saturated carbocycles. The number of nitrogens with zero attached hydrogens (tertiary/aromatic N) is 2. The highest BCUT2D eigenvalue weighted by molar-refractivity contribution is 7.89. The SMILES string of the molecule is COc1ccc(S(=O)(=O)NCC(C)CN2CCN(C)CC2)c2ccccc12. The van der Waals surface area contributed by atoms with Gasteiger partial charge in [-0.15, -0.1) is 0 Å². The number of rotatable bonds is 7. The van der Waals surface area contributed by atoms with Crippen LogP contribution in [0.25, 0.3) is 10.8 Å². The number of methoxy groups -OCH3 is 1. The average molecular weight is 392 g/mol. The number of sulfonamides is 1. The first-order valence-corrected chi connectivity index (χ1v) is 10.9. The third-order valence-electron chi connectivity index (χ3n) is 5.14. The van der Waals surface area contributed by atoms with Crippen LogP contribution in [0.2, 0.25) is 0 Å². The van der Waals surface area contributed by atoms with Crippen molar-refractivity contribution in [2.75, 3.05) is 53.4 Å². The van der Waals surface area contributed by atoms with Crippen LogP contribution >= 0.6 is 0 Å². The number of ether oxygens (including phenoxy) is 1. The Balaban J connectivity index is 1.69. The van der Waals surface area contributed by atoms with Crippen LogP contribution in [0.4, 0.5) is 0 Å². The number of likely N-dealkylation sites (N-methyl/N-ethyl adjacent to an activating group) is 1. The summed E-state index contributed by atoms with van der Waals surface area (Å²) in [5.41, 5.74) is 0. The summed E-state index contributed by atoms with van der Waals surface area (Å²) < 4.78 is 34.0. The summed E-state index contributed by atoms with van der Waals surface area (Å²) in [5, 5.41) is 1.48. The molecular weight excluding hydrogens is 362 g/mol. The maximum absolute atomic E-state index is 12.9. The van der Waals surface area contributed by atoms with Gasteiger partial charge in [-0.2, -0.15) is 0 Å². The van der Waals surface area contributed by atoms with E-state index in [0.717, 1.165) is 38.1 Å². The van der Waals surface area contributed by atoms with E-state index in [1.165, 1.54) is 0 Å². The zero-order valence-electron chi connectivity index (χ0n) is 16.3. The minimum Gasteiger partial charge on any atom is -0.496 e. The van der Waals surface area contributed by atoms with Crippen molar-refractivity contribution in [3.05, 3.63) is 36.4 Å². The first-order chi connectivity index (χ1) is 12.9. The van der Waals surface area contributed by atoms with Crippen molar-refractivity contribution < 1.29 is 13.2 Å². The predicted octanol–water partition coefficient (Wildman–Crippen LogP) is 2.01. The molecule has 148 valence electrons. The lowest BCUT2D eigenvalue weighted by Crippen LogP contribution is -2.46. The largest absolute Gasteiger partial charge is 0.496 e. The van der Waals surface area contributed by atoms with Gasteiger partial charge in [0.25, 0.3) is 0 Å². The highest BCUT2D eigenvalue weighted by atomic mass is 32.2. The summed E-state index contributed by atoms with van der Waals surface area (Å²) in [6.07, 6.45) is 0. The van der Waals surface area contributed by atoms with E-state index in [2.05, 4.69) is 28.5 Å². The Morgan fingerprint density at radius 2 is 1.74 bits per heavy atom. The van der Waals surface area contributed by atoms with Gasteiger partial charge in [0.05, 0.1) is 12.0 Å². The second kappa shape index (κ2) is 8.56. The predicted molar refractivity (Wildman–Crippen MR) is 109 cm³/mol. The van der Waals surface area contributed by atoms with Crippen LogP contribution in [-0.2, 0) is 10.0 Å². The molecule has 2 aromatic rings. The Labute approximate surface area is 162 Å². The average Bonchev–Trinajstić information content (AvgIpc) is 2.67. The Morgan fingerprint density at radius 3 is 2.41 bits per heavy atom. The minimum absolute atomic E-state index is 0.243. The first kappa shape index (κ1) is 20.1. The normalized spacial score (nSPS) is 17.9. The highest BCUT2D eigenvalue weighted by Crippen LogP contribution is 2.30. The number of piperazine rings is 1. The molecule has 0 aliphatic carbocycles. The van der Waals surface area contributed by atoms with Crippen molar-refractivity contribution in [2.24, 2.45) is 5.92 Å². The number of nitrogens with one attached hydrogen (secondary N) is 1. The summed E-state index contributed by atoms with van der Waals surface area (Å²) in [6.45, 7) is 7.63. The lowest BCUT2D eigenvalue weighted by molar-refractivity contribution is 0.139. The van der Waals surface area contributed by atoms with Crippen molar-refractivity contribution >= 4 is 20.8 Å². The van der Waals surface area contributed by atoms with Crippen LogP contribution in [0.1, 0.15) is 6.92 Å². The molecule has 1 saturated heterocycles. The number of fused-ring (bicyclic) bond motifs is 1. The molecule has 1 aliphatic rings. The highest BCUT2D eigenvalue weighted by Gasteiger charge is 2.21. The van der Waals surface area contributed by atoms with E-state index in [4.69, 9.17) is 4.74 Å². The van der Waals surface area contributed by atoms with E-state index in [9.17, 15) is 8.42 Å². The molecule has 6 nitrogen and oxygen atoms in total. The number of hydrogen-bond donors (Lipinski definition) is 1. The molecule has 1 unspecified atom stereocenters. The van der Waals surface area contributed by atoms with E-state index in [1.54, 1.807) is 19.2 Å². The molecule has 1 heterocycles. The van der Waals surface area contributed by atoms with E-state index in [1.807, 2.05) is 24.3 Å². The molecule has 0 spiro atoms. The Hall–Kier alpha value is -1.67. The molecule has 1 N–H and O–H groups in total.